The Morgan fingerprint density at radius 1 is 0.455 bits per heavy atom. The molecular weight excluding hydrogens is 264 g/mol. The highest BCUT2D eigenvalue weighted by atomic mass is 14.1. The fraction of sp³-hybridized carbons (Fsp3) is 0. The molecule has 0 aliphatic carbocycles. The number of benzene rings is 5. The van der Waals surface area contributed by atoms with Gasteiger partial charge in [-0.1, -0.05) is 78.9 Å². The van der Waals surface area contributed by atoms with Crippen molar-refractivity contribution in [1.82, 2.24) is 0 Å². The molecule has 0 heterocycles. The topological polar surface area (TPSA) is 0 Å². The Kier molecular flexibility index (Phi) is 2.31. The van der Waals surface area contributed by atoms with E-state index in [9.17, 15) is 0 Å². The molecule has 0 N–H and O–H groups in total. The van der Waals surface area contributed by atoms with E-state index in [4.69, 9.17) is 0 Å². The highest BCUT2D eigenvalue weighted by Crippen LogP contribution is 2.39. The zero-order valence-electron chi connectivity index (χ0n) is 12.1. The number of hydrogen-bond donors (Lipinski definition) is 0. The molecule has 0 saturated heterocycles. The van der Waals surface area contributed by atoms with Gasteiger partial charge in [-0.25, -0.2) is 0 Å². The van der Waals surface area contributed by atoms with Crippen molar-refractivity contribution in [3.63, 3.8) is 0 Å². The summed E-state index contributed by atoms with van der Waals surface area (Å²) in [5.74, 6) is 0. The predicted octanol–water partition coefficient (Wildman–Crippen LogP) is 6.25. The van der Waals surface area contributed by atoms with Crippen LogP contribution in [0.3, 0.4) is 0 Å². The van der Waals surface area contributed by atoms with Gasteiger partial charge < -0.3 is 0 Å². The van der Waals surface area contributed by atoms with Gasteiger partial charge in [-0.3, -0.25) is 0 Å². The van der Waals surface area contributed by atoms with Crippen molar-refractivity contribution < 1.29 is 0 Å². The third-order valence-electron chi connectivity index (χ3n) is 4.59. The van der Waals surface area contributed by atoms with Crippen molar-refractivity contribution in [3.05, 3.63) is 84.9 Å². The Hall–Kier alpha value is -2.86. The molecule has 0 amide bonds. The molecule has 0 nitrogen and oxygen atoms in total. The van der Waals surface area contributed by atoms with E-state index >= 15 is 0 Å². The van der Waals surface area contributed by atoms with Crippen LogP contribution >= 0.6 is 0 Å². The van der Waals surface area contributed by atoms with Gasteiger partial charge in [0, 0.05) is 0 Å². The van der Waals surface area contributed by atoms with E-state index in [-0.39, 0.29) is 0 Å². The monoisotopic (exact) mass is 278 g/mol. The van der Waals surface area contributed by atoms with Crippen LogP contribution < -0.4 is 0 Å². The molecule has 22 heavy (non-hydrogen) atoms. The molecule has 5 aromatic carbocycles. The van der Waals surface area contributed by atoms with Crippen LogP contribution in [0.1, 0.15) is 0 Å². The first kappa shape index (κ1) is 11.8. The molecule has 5 rings (SSSR count). The summed E-state index contributed by atoms with van der Waals surface area (Å²) < 4.78 is 0. The van der Waals surface area contributed by atoms with Crippen molar-refractivity contribution in [1.29, 1.82) is 0 Å². The van der Waals surface area contributed by atoms with Gasteiger partial charge in [-0.2, -0.15) is 0 Å². The van der Waals surface area contributed by atoms with E-state index in [1.54, 1.807) is 0 Å². The average Bonchev–Trinajstić information content (AvgIpc) is 2.60. The number of rotatable bonds is 1. The molecule has 0 saturated carbocycles. The zero-order valence-corrected chi connectivity index (χ0v) is 12.1. The maximum absolute atomic E-state index is 2.33. The van der Waals surface area contributed by atoms with Crippen LogP contribution in [0.15, 0.2) is 84.9 Å². The Labute approximate surface area is 129 Å². The first-order valence-electron chi connectivity index (χ1n) is 7.64. The maximum Gasteiger partial charge on any atom is -0.00206 e. The van der Waals surface area contributed by atoms with Crippen molar-refractivity contribution in [2.45, 2.75) is 0 Å². The summed E-state index contributed by atoms with van der Waals surface area (Å²) in [7, 11) is 0. The summed E-state index contributed by atoms with van der Waals surface area (Å²) in [6, 6.07) is 30.7. The molecule has 0 atom stereocenters. The van der Waals surface area contributed by atoms with Crippen LogP contribution in [0.25, 0.3) is 43.4 Å². The minimum Gasteiger partial charge on any atom is -0.0622 e. The van der Waals surface area contributed by atoms with Gasteiger partial charge in [0.05, 0.1) is 0 Å². The molecule has 0 bridgehead atoms. The molecular formula is C22H14. The second kappa shape index (κ2) is 4.32. The molecule has 0 radical (unpaired) electrons. The van der Waals surface area contributed by atoms with E-state index in [1.165, 1.54) is 43.4 Å². The quantitative estimate of drug-likeness (QED) is 0.318. The van der Waals surface area contributed by atoms with E-state index in [0.717, 1.165) is 0 Å². The van der Waals surface area contributed by atoms with Gasteiger partial charge in [0.1, 0.15) is 0 Å². The lowest BCUT2D eigenvalue weighted by Crippen LogP contribution is -1.87. The fourth-order valence-corrected chi connectivity index (χ4v) is 3.62. The third-order valence-corrected chi connectivity index (χ3v) is 4.59. The van der Waals surface area contributed by atoms with Gasteiger partial charge in [-0.15, -0.1) is 0 Å². The first-order chi connectivity index (χ1) is 10.9. The van der Waals surface area contributed by atoms with Crippen LogP contribution in [0.2, 0.25) is 0 Å². The van der Waals surface area contributed by atoms with Crippen LogP contribution in [-0.2, 0) is 0 Å². The Morgan fingerprint density at radius 3 is 1.95 bits per heavy atom. The van der Waals surface area contributed by atoms with Crippen molar-refractivity contribution in [2.75, 3.05) is 0 Å². The second-order valence-electron chi connectivity index (χ2n) is 5.84. The van der Waals surface area contributed by atoms with Crippen molar-refractivity contribution >= 4 is 32.3 Å². The lowest BCUT2D eigenvalue weighted by molar-refractivity contribution is 1.67. The van der Waals surface area contributed by atoms with Crippen LogP contribution in [0.5, 0.6) is 0 Å². The minimum atomic E-state index is 1.28. The van der Waals surface area contributed by atoms with Crippen LogP contribution in [0.4, 0.5) is 0 Å². The maximum atomic E-state index is 2.33. The van der Waals surface area contributed by atoms with Gasteiger partial charge >= 0.3 is 0 Å². The van der Waals surface area contributed by atoms with E-state index < -0.39 is 0 Å². The molecule has 0 spiro atoms. The highest BCUT2D eigenvalue weighted by molar-refractivity contribution is 6.26. The molecule has 5 aromatic rings. The van der Waals surface area contributed by atoms with Crippen molar-refractivity contribution in [2.24, 2.45) is 0 Å². The van der Waals surface area contributed by atoms with E-state index in [0.29, 0.717) is 0 Å². The predicted molar refractivity (Wildman–Crippen MR) is 95.6 cm³/mol. The highest BCUT2D eigenvalue weighted by Gasteiger charge is 2.12. The van der Waals surface area contributed by atoms with Gasteiger partial charge in [-0.05, 0) is 49.5 Å². The SMILES string of the molecule is c1ccc(-c2cc3cccc4ccc5cccc2c5c43)cc1. The number of hydrogen-bond acceptors (Lipinski definition) is 0. The molecule has 102 valence electrons. The summed E-state index contributed by atoms with van der Waals surface area (Å²) in [4.78, 5) is 0. The molecule has 0 heteroatoms. The van der Waals surface area contributed by atoms with Crippen LogP contribution in [-0.4, -0.2) is 0 Å². The third kappa shape index (κ3) is 1.52. The van der Waals surface area contributed by atoms with Crippen molar-refractivity contribution in [3.8, 4) is 11.1 Å². The summed E-state index contributed by atoms with van der Waals surface area (Å²) in [5.41, 5.74) is 2.60. The lowest BCUT2D eigenvalue weighted by Gasteiger charge is -2.14. The Morgan fingerprint density at radius 2 is 1.14 bits per heavy atom. The molecule has 0 aromatic heterocycles. The summed E-state index contributed by atoms with van der Waals surface area (Å²) in [5, 5.41) is 8.07. The molecule has 0 fully saturated rings. The smallest absolute Gasteiger partial charge is 0.00206 e. The van der Waals surface area contributed by atoms with E-state index in [1.807, 2.05) is 0 Å². The largest absolute Gasteiger partial charge is 0.0622 e. The second-order valence-corrected chi connectivity index (χ2v) is 5.84. The van der Waals surface area contributed by atoms with Crippen LogP contribution in [0, 0.1) is 0 Å². The first-order valence-corrected chi connectivity index (χ1v) is 7.64. The Balaban J connectivity index is 2.07. The van der Waals surface area contributed by atoms with Gasteiger partial charge in [0.2, 0.25) is 0 Å². The molecule has 0 unspecified atom stereocenters. The minimum absolute atomic E-state index is 1.28. The molecule has 0 aliphatic heterocycles. The van der Waals surface area contributed by atoms with E-state index in [2.05, 4.69) is 84.9 Å². The average molecular weight is 278 g/mol. The standard InChI is InChI=1S/C22H14/c1-2-6-15(7-3-1)20-14-18-10-4-8-16-12-13-17-9-5-11-19(20)22(17)21(16)18/h1-14H. The lowest BCUT2D eigenvalue weighted by atomic mass is 9.89. The molecule has 0 aliphatic rings. The van der Waals surface area contributed by atoms with Gasteiger partial charge in [0.25, 0.3) is 0 Å². The zero-order chi connectivity index (χ0) is 14.5. The summed E-state index contributed by atoms with van der Waals surface area (Å²) in [6.07, 6.45) is 0. The Bertz CT molecular complexity index is 1100. The fourth-order valence-electron chi connectivity index (χ4n) is 3.62. The summed E-state index contributed by atoms with van der Waals surface area (Å²) >= 11 is 0. The van der Waals surface area contributed by atoms with Gasteiger partial charge in [0.15, 0.2) is 0 Å². The normalized spacial score (nSPS) is 11.6. The summed E-state index contributed by atoms with van der Waals surface area (Å²) in [6.45, 7) is 0.